The van der Waals surface area contributed by atoms with Gasteiger partial charge in [0.1, 0.15) is 0 Å². The first-order valence-electron chi connectivity index (χ1n) is 9.09. The maximum atomic E-state index is 13.0. The summed E-state index contributed by atoms with van der Waals surface area (Å²) in [4.78, 5) is 29.6. The van der Waals surface area contributed by atoms with E-state index in [4.69, 9.17) is 27.9 Å². The number of urea groups is 1. The molecule has 3 aromatic rings. The number of hydrogen-bond acceptors (Lipinski definition) is 3. The van der Waals surface area contributed by atoms with Gasteiger partial charge < -0.3 is 25.3 Å². The Kier molecular flexibility index (Phi) is 4.29. The van der Waals surface area contributed by atoms with Gasteiger partial charge >= 0.3 is 6.03 Å². The molecule has 5 rings (SSSR count). The molecule has 0 saturated heterocycles. The molecule has 0 radical (unpaired) electrons. The second-order valence-electron chi connectivity index (χ2n) is 7.04. The van der Waals surface area contributed by atoms with E-state index in [0.29, 0.717) is 40.3 Å². The molecule has 9 heteroatoms. The number of amides is 3. The van der Waals surface area contributed by atoms with Crippen LogP contribution in [0.1, 0.15) is 11.3 Å². The molecule has 0 saturated carbocycles. The lowest BCUT2D eigenvalue weighted by atomic mass is 10.0. The summed E-state index contributed by atoms with van der Waals surface area (Å²) in [6.45, 7) is 0.919. The van der Waals surface area contributed by atoms with Gasteiger partial charge in [-0.25, -0.2) is 4.79 Å². The normalized spacial score (nSPS) is 15.4. The van der Waals surface area contributed by atoms with E-state index in [1.54, 1.807) is 17.0 Å². The van der Waals surface area contributed by atoms with E-state index < -0.39 is 0 Å². The Morgan fingerprint density at radius 1 is 1.17 bits per heavy atom. The number of H-pyrrole nitrogens is 1. The molecular weight excluding hydrogens is 415 g/mol. The average molecular weight is 431 g/mol. The molecule has 0 unspecified atom stereocenters. The lowest BCUT2D eigenvalue weighted by Gasteiger charge is -2.28. The van der Waals surface area contributed by atoms with Crippen molar-refractivity contribution in [1.29, 1.82) is 0 Å². The van der Waals surface area contributed by atoms with Crippen molar-refractivity contribution in [3.8, 4) is 5.75 Å². The molecule has 2 aromatic carbocycles. The fourth-order valence-electron chi connectivity index (χ4n) is 3.81. The minimum absolute atomic E-state index is 0.110. The number of halogens is 2. The number of nitrogens with zero attached hydrogens (tertiary/aromatic N) is 1. The Morgan fingerprint density at radius 2 is 2.03 bits per heavy atom. The number of nitrogens with one attached hydrogen (secondary N) is 3. The predicted octanol–water partition coefficient (Wildman–Crippen LogP) is 4.40. The fraction of sp³-hybridized carbons (Fsp3) is 0.200. The van der Waals surface area contributed by atoms with Crippen molar-refractivity contribution >= 4 is 57.4 Å². The van der Waals surface area contributed by atoms with Gasteiger partial charge in [-0.1, -0.05) is 23.2 Å². The summed E-state index contributed by atoms with van der Waals surface area (Å²) >= 11 is 12.3. The van der Waals surface area contributed by atoms with Crippen LogP contribution in [0.4, 0.5) is 16.2 Å². The summed E-state index contributed by atoms with van der Waals surface area (Å²) in [5.74, 6) is 0.137. The van der Waals surface area contributed by atoms with E-state index in [2.05, 4.69) is 15.6 Å². The van der Waals surface area contributed by atoms with Crippen molar-refractivity contribution in [2.45, 2.75) is 13.0 Å². The monoisotopic (exact) mass is 430 g/mol. The number of rotatable bonds is 1. The van der Waals surface area contributed by atoms with Crippen LogP contribution in [-0.2, 0) is 17.8 Å². The molecule has 2 aliphatic rings. The molecule has 148 valence electrons. The van der Waals surface area contributed by atoms with Crippen LogP contribution in [0.15, 0.2) is 30.3 Å². The second-order valence-corrected chi connectivity index (χ2v) is 7.91. The van der Waals surface area contributed by atoms with Crippen LogP contribution >= 0.6 is 23.2 Å². The highest BCUT2D eigenvalue weighted by Gasteiger charge is 2.26. The maximum Gasteiger partial charge on any atom is 0.322 e. The van der Waals surface area contributed by atoms with Crippen LogP contribution in [0.25, 0.3) is 10.9 Å². The van der Waals surface area contributed by atoms with Gasteiger partial charge in [-0.15, -0.1) is 0 Å². The number of ether oxygens (including phenoxy) is 1. The zero-order valence-electron chi connectivity index (χ0n) is 15.1. The van der Waals surface area contributed by atoms with Gasteiger partial charge in [0.2, 0.25) is 0 Å². The van der Waals surface area contributed by atoms with E-state index in [0.717, 1.165) is 28.6 Å². The minimum Gasteiger partial charge on any atom is -0.479 e. The number of fused-ring (bicyclic) bond motifs is 4. The van der Waals surface area contributed by atoms with Crippen molar-refractivity contribution in [3.05, 3.63) is 51.6 Å². The molecule has 3 heterocycles. The molecule has 3 amide bonds. The molecule has 1 aromatic heterocycles. The second kappa shape index (κ2) is 6.86. The Balaban J connectivity index is 1.41. The van der Waals surface area contributed by atoms with Crippen LogP contribution in [0.3, 0.4) is 0 Å². The van der Waals surface area contributed by atoms with Crippen molar-refractivity contribution in [1.82, 2.24) is 9.88 Å². The highest BCUT2D eigenvalue weighted by Crippen LogP contribution is 2.39. The smallest absolute Gasteiger partial charge is 0.322 e. The third-order valence-electron chi connectivity index (χ3n) is 5.14. The molecule has 0 fully saturated rings. The Labute approximate surface area is 175 Å². The number of aromatic amines is 1. The highest BCUT2D eigenvalue weighted by atomic mass is 35.5. The van der Waals surface area contributed by atoms with Crippen LogP contribution in [0.5, 0.6) is 5.75 Å². The predicted molar refractivity (Wildman–Crippen MR) is 112 cm³/mol. The number of carbonyl (C=O) groups excluding carboxylic acids is 2. The largest absolute Gasteiger partial charge is 0.479 e. The van der Waals surface area contributed by atoms with Crippen molar-refractivity contribution in [2.75, 3.05) is 23.8 Å². The zero-order chi connectivity index (χ0) is 20.1. The topological polar surface area (TPSA) is 86.5 Å². The van der Waals surface area contributed by atoms with E-state index in [-0.39, 0.29) is 18.5 Å². The van der Waals surface area contributed by atoms with Gasteiger partial charge in [-0.3, -0.25) is 4.79 Å². The van der Waals surface area contributed by atoms with Gasteiger partial charge in [-0.05, 0) is 30.3 Å². The molecular formula is C20H16Cl2N4O3. The molecule has 3 N–H and O–H groups in total. The number of carbonyl (C=O) groups is 2. The summed E-state index contributed by atoms with van der Waals surface area (Å²) in [6.07, 6.45) is 0.718. The van der Waals surface area contributed by atoms with Gasteiger partial charge in [0.05, 0.1) is 11.4 Å². The minimum atomic E-state index is -0.267. The van der Waals surface area contributed by atoms with Crippen molar-refractivity contribution in [3.63, 3.8) is 0 Å². The van der Waals surface area contributed by atoms with Gasteiger partial charge in [0, 0.05) is 51.7 Å². The number of aromatic nitrogens is 1. The highest BCUT2D eigenvalue weighted by molar-refractivity contribution is 6.32. The van der Waals surface area contributed by atoms with Crippen LogP contribution in [0, 0.1) is 0 Å². The summed E-state index contributed by atoms with van der Waals surface area (Å²) in [5, 5.41) is 7.64. The number of benzene rings is 2. The third-order valence-corrected chi connectivity index (χ3v) is 5.59. The van der Waals surface area contributed by atoms with E-state index in [9.17, 15) is 9.59 Å². The number of hydrogen-bond donors (Lipinski definition) is 3. The fourth-order valence-corrected chi connectivity index (χ4v) is 4.20. The first kappa shape index (κ1) is 18.1. The summed E-state index contributed by atoms with van der Waals surface area (Å²) in [7, 11) is 0. The number of anilines is 2. The van der Waals surface area contributed by atoms with Gasteiger partial charge in [-0.2, -0.15) is 0 Å². The first-order chi connectivity index (χ1) is 14.0. The van der Waals surface area contributed by atoms with Crippen molar-refractivity contribution < 1.29 is 14.3 Å². The molecule has 29 heavy (non-hydrogen) atoms. The quantitative estimate of drug-likeness (QED) is 0.534. The SMILES string of the molecule is O=C1COc2c(cc(Cl)cc2NC(=O)N2CCc3[nH]c4ccc(Cl)cc4c3C2)N1. The molecule has 2 aliphatic heterocycles. The average Bonchev–Trinajstić information content (AvgIpc) is 3.04. The van der Waals surface area contributed by atoms with E-state index in [1.165, 1.54) is 0 Å². The van der Waals surface area contributed by atoms with Crippen molar-refractivity contribution in [2.24, 2.45) is 0 Å². The molecule has 0 aliphatic carbocycles. The van der Waals surface area contributed by atoms with E-state index in [1.807, 2.05) is 18.2 Å². The van der Waals surface area contributed by atoms with Crippen LogP contribution < -0.4 is 15.4 Å². The standard InChI is InChI=1S/C20H16Cl2N4O3/c21-10-1-2-14-12(5-10)13-8-26(4-3-15(13)23-14)20(28)25-17-7-11(22)6-16-19(17)29-9-18(27)24-16/h1-2,5-7,23H,3-4,8-9H2,(H,24,27)(H,25,28). The molecule has 0 spiro atoms. The van der Waals surface area contributed by atoms with E-state index >= 15 is 0 Å². The summed E-state index contributed by atoms with van der Waals surface area (Å²) in [6, 6.07) is 8.64. The Bertz CT molecular complexity index is 1170. The molecule has 0 bridgehead atoms. The Hall–Kier alpha value is -2.90. The Morgan fingerprint density at radius 3 is 2.90 bits per heavy atom. The van der Waals surface area contributed by atoms with Gasteiger partial charge in [0.15, 0.2) is 12.4 Å². The van der Waals surface area contributed by atoms with Crippen LogP contribution in [0.2, 0.25) is 10.0 Å². The maximum absolute atomic E-state index is 13.0. The first-order valence-corrected chi connectivity index (χ1v) is 9.84. The molecule has 7 nitrogen and oxygen atoms in total. The zero-order valence-corrected chi connectivity index (χ0v) is 16.7. The lowest BCUT2D eigenvalue weighted by molar-refractivity contribution is -0.118. The summed E-state index contributed by atoms with van der Waals surface area (Å²) in [5.41, 5.74) is 4.06. The third kappa shape index (κ3) is 3.26. The molecule has 0 atom stereocenters. The van der Waals surface area contributed by atoms with Crippen LogP contribution in [-0.4, -0.2) is 35.0 Å². The van der Waals surface area contributed by atoms with Gasteiger partial charge in [0.25, 0.3) is 5.91 Å². The summed E-state index contributed by atoms with van der Waals surface area (Å²) < 4.78 is 5.50. The lowest BCUT2D eigenvalue weighted by Crippen LogP contribution is -2.39.